The molecule has 0 aromatic heterocycles. The maximum Gasteiger partial charge on any atom is 0.246 e. The maximum absolute atomic E-state index is 12.0. The molecule has 2 rings (SSSR count). The van der Waals surface area contributed by atoms with Crippen molar-refractivity contribution in [2.75, 3.05) is 10.6 Å². The highest BCUT2D eigenvalue weighted by molar-refractivity contribution is 14.1. The van der Waals surface area contributed by atoms with E-state index in [1.54, 1.807) is 0 Å². The van der Waals surface area contributed by atoms with E-state index in [-0.39, 0.29) is 11.9 Å². The van der Waals surface area contributed by atoms with E-state index in [0.29, 0.717) is 0 Å². The second kappa shape index (κ2) is 6.56. The molecular formula is C15H15IN2O. The average molecular weight is 366 g/mol. The lowest BCUT2D eigenvalue weighted by atomic mass is 10.2. The molecule has 0 aliphatic carbocycles. The Morgan fingerprint density at radius 2 is 1.63 bits per heavy atom. The third-order valence-electron chi connectivity index (χ3n) is 2.66. The van der Waals surface area contributed by atoms with Crippen molar-refractivity contribution in [2.24, 2.45) is 0 Å². The van der Waals surface area contributed by atoms with E-state index < -0.39 is 0 Å². The predicted molar refractivity (Wildman–Crippen MR) is 87.3 cm³/mol. The molecule has 0 bridgehead atoms. The van der Waals surface area contributed by atoms with Crippen LogP contribution in [0.25, 0.3) is 0 Å². The molecule has 98 valence electrons. The minimum atomic E-state index is -0.291. The molecule has 1 atom stereocenters. The maximum atomic E-state index is 12.0. The second-order valence-corrected chi connectivity index (χ2v) is 5.47. The summed E-state index contributed by atoms with van der Waals surface area (Å²) in [5.74, 6) is -0.0512. The number of para-hydroxylation sites is 1. The summed E-state index contributed by atoms with van der Waals surface area (Å²) in [7, 11) is 0. The normalized spacial score (nSPS) is 11.7. The van der Waals surface area contributed by atoms with Gasteiger partial charge in [-0.05, 0) is 65.9 Å². The molecule has 0 spiro atoms. The first kappa shape index (κ1) is 13.9. The highest BCUT2D eigenvalue weighted by Crippen LogP contribution is 2.13. The van der Waals surface area contributed by atoms with Gasteiger partial charge in [-0.3, -0.25) is 4.79 Å². The van der Waals surface area contributed by atoms with E-state index in [1.807, 2.05) is 61.5 Å². The molecule has 0 fully saturated rings. The van der Waals surface area contributed by atoms with Gasteiger partial charge < -0.3 is 10.6 Å². The van der Waals surface area contributed by atoms with Gasteiger partial charge in [0.2, 0.25) is 5.91 Å². The molecule has 4 heteroatoms. The van der Waals surface area contributed by atoms with Crippen molar-refractivity contribution in [1.29, 1.82) is 0 Å². The number of halogens is 1. The van der Waals surface area contributed by atoms with Crippen molar-refractivity contribution in [2.45, 2.75) is 13.0 Å². The van der Waals surface area contributed by atoms with Gasteiger partial charge in [-0.15, -0.1) is 0 Å². The van der Waals surface area contributed by atoms with Crippen molar-refractivity contribution in [3.63, 3.8) is 0 Å². The Kier molecular flexibility index (Phi) is 4.79. The van der Waals surface area contributed by atoms with Gasteiger partial charge in [0.25, 0.3) is 0 Å². The van der Waals surface area contributed by atoms with E-state index in [2.05, 4.69) is 33.2 Å². The van der Waals surface area contributed by atoms with Crippen molar-refractivity contribution < 1.29 is 4.79 Å². The molecule has 0 aliphatic heterocycles. The number of carbonyl (C=O) groups excluding carboxylic acids is 1. The Morgan fingerprint density at radius 3 is 2.26 bits per heavy atom. The van der Waals surface area contributed by atoms with E-state index in [0.717, 1.165) is 11.4 Å². The predicted octanol–water partition coefficient (Wildman–Crippen LogP) is 3.73. The molecule has 19 heavy (non-hydrogen) atoms. The number of anilines is 2. The molecule has 3 nitrogen and oxygen atoms in total. The van der Waals surface area contributed by atoms with Crippen LogP contribution in [-0.4, -0.2) is 11.9 Å². The summed E-state index contributed by atoms with van der Waals surface area (Å²) in [4.78, 5) is 12.0. The fourth-order valence-electron chi connectivity index (χ4n) is 1.63. The highest BCUT2D eigenvalue weighted by atomic mass is 127. The lowest BCUT2D eigenvalue weighted by molar-refractivity contribution is -0.116. The summed E-state index contributed by atoms with van der Waals surface area (Å²) >= 11 is 2.25. The SMILES string of the molecule is C[C@H](Nc1ccc(I)cc1)C(=O)Nc1ccccc1. The zero-order chi connectivity index (χ0) is 13.7. The highest BCUT2D eigenvalue weighted by Gasteiger charge is 2.12. The molecule has 1 amide bonds. The zero-order valence-electron chi connectivity index (χ0n) is 10.6. The van der Waals surface area contributed by atoms with Gasteiger partial charge in [-0.2, -0.15) is 0 Å². The quantitative estimate of drug-likeness (QED) is 0.810. The topological polar surface area (TPSA) is 41.1 Å². The second-order valence-electron chi connectivity index (χ2n) is 4.23. The van der Waals surface area contributed by atoms with Crippen LogP contribution in [0.3, 0.4) is 0 Å². The molecule has 0 radical (unpaired) electrons. The Labute approximate surface area is 126 Å². The molecule has 2 N–H and O–H groups in total. The average Bonchev–Trinajstić information content (AvgIpc) is 2.42. The van der Waals surface area contributed by atoms with Gasteiger partial charge >= 0.3 is 0 Å². The van der Waals surface area contributed by atoms with Crippen molar-refractivity contribution in [1.82, 2.24) is 0 Å². The smallest absolute Gasteiger partial charge is 0.246 e. The van der Waals surface area contributed by atoms with Crippen LogP contribution in [0.1, 0.15) is 6.92 Å². The van der Waals surface area contributed by atoms with Gasteiger partial charge in [0.05, 0.1) is 0 Å². The first-order valence-corrected chi connectivity index (χ1v) is 7.11. The van der Waals surface area contributed by atoms with Gasteiger partial charge in [-0.1, -0.05) is 18.2 Å². The van der Waals surface area contributed by atoms with E-state index >= 15 is 0 Å². The lowest BCUT2D eigenvalue weighted by Gasteiger charge is -2.15. The van der Waals surface area contributed by atoms with E-state index in [1.165, 1.54) is 3.57 Å². The zero-order valence-corrected chi connectivity index (χ0v) is 12.7. The number of hydrogen-bond acceptors (Lipinski definition) is 2. The van der Waals surface area contributed by atoms with Crippen LogP contribution in [-0.2, 0) is 4.79 Å². The van der Waals surface area contributed by atoms with Crippen LogP contribution in [0.5, 0.6) is 0 Å². The van der Waals surface area contributed by atoms with Gasteiger partial charge in [-0.25, -0.2) is 0 Å². The summed E-state index contributed by atoms with van der Waals surface area (Å²) in [5.41, 5.74) is 1.75. The fourth-order valence-corrected chi connectivity index (χ4v) is 1.99. The third-order valence-corrected chi connectivity index (χ3v) is 3.38. The molecule has 0 saturated carbocycles. The molecule has 2 aromatic carbocycles. The Balaban J connectivity index is 1.94. The molecule has 0 saturated heterocycles. The fraction of sp³-hybridized carbons (Fsp3) is 0.133. The Morgan fingerprint density at radius 1 is 1.00 bits per heavy atom. The molecule has 0 heterocycles. The number of benzene rings is 2. The largest absolute Gasteiger partial charge is 0.374 e. The Bertz CT molecular complexity index is 540. The monoisotopic (exact) mass is 366 g/mol. The number of rotatable bonds is 4. The summed E-state index contributed by atoms with van der Waals surface area (Å²) in [6.07, 6.45) is 0. The summed E-state index contributed by atoms with van der Waals surface area (Å²) in [6.45, 7) is 1.84. The van der Waals surface area contributed by atoms with Crippen LogP contribution >= 0.6 is 22.6 Å². The molecular weight excluding hydrogens is 351 g/mol. The van der Waals surface area contributed by atoms with Crippen LogP contribution in [0.4, 0.5) is 11.4 Å². The first-order valence-electron chi connectivity index (χ1n) is 6.03. The Hall–Kier alpha value is -1.56. The van der Waals surface area contributed by atoms with E-state index in [9.17, 15) is 4.79 Å². The number of carbonyl (C=O) groups is 1. The first-order chi connectivity index (χ1) is 9.15. The van der Waals surface area contributed by atoms with Crippen molar-refractivity contribution >= 4 is 39.9 Å². The van der Waals surface area contributed by atoms with Crippen LogP contribution in [0.15, 0.2) is 54.6 Å². The minimum absolute atomic E-state index is 0.0512. The van der Waals surface area contributed by atoms with Crippen LogP contribution in [0, 0.1) is 3.57 Å². The molecule has 0 aliphatic rings. The van der Waals surface area contributed by atoms with Gasteiger partial charge in [0.15, 0.2) is 0 Å². The number of hydrogen-bond donors (Lipinski definition) is 2. The van der Waals surface area contributed by atoms with E-state index in [4.69, 9.17) is 0 Å². The molecule has 2 aromatic rings. The lowest BCUT2D eigenvalue weighted by Crippen LogP contribution is -2.31. The van der Waals surface area contributed by atoms with Crippen LogP contribution in [0.2, 0.25) is 0 Å². The van der Waals surface area contributed by atoms with Crippen molar-refractivity contribution in [3.8, 4) is 0 Å². The van der Waals surface area contributed by atoms with Gasteiger partial charge in [0, 0.05) is 14.9 Å². The minimum Gasteiger partial charge on any atom is -0.374 e. The van der Waals surface area contributed by atoms with Crippen LogP contribution < -0.4 is 10.6 Å². The third kappa shape index (κ3) is 4.24. The van der Waals surface area contributed by atoms with Gasteiger partial charge in [0.1, 0.15) is 6.04 Å². The summed E-state index contributed by atoms with van der Waals surface area (Å²) in [6, 6.07) is 17.1. The number of amides is 1. The molecule has 0 unspecified atom stereocenters. The van der Waals surface area contributed by atoms with Crippen molar-refractivity contribution in [3.05, 3.63) is 58.2 Å². The summed E-state index contributed by atoms with van der Waals surface area (Å²) < 4.78 is 1.17. The summed E-state index contributed by atoms with van der Waals surface area (Å²) in [5, 5.41) is 6.04. The standard InChI is InChI=1S/C15H15IN2O/c1-11(17-14-9-7-12(16)8-10-14)15(19)18-13-5-3-2-4-6-13/h2-11,17H,1H3,(H,18,19)/t11-/m0/s1. The number of nitrogens with one attached hydrogen (secondary N) is 2.